The van der Waals surface area contributed by atoms with Gasteiger partial charge in [-0.1, -0.05) is 92.7 Å². The number of amides is 3. The lowest BCUT2D eigenvalue weighted by Gasteiger charge is -2.34. The van der Waals surface area contributed by atoms with Crippen LogP contribution in [0.4, 0.5) is 4.79 Å². The molecule has 12 nitrogen and oxygen atoms in total. The van der Waals surface area contributed by atoms with Crippen LogP contribution in [0.3, 0.4) is 0 Å². The van der Waals surface area contributed by atoms with Gasteiger partial charge in [-0.25, -0.2) is 14.8 Å². The Morgan fingerprint density at radius 2 is 1.20 bits per heavy atom. The molecule has 4 atom stereocenters. The molecule has 0 bridgehead atoms. The topological polar surface area (TPSA) is 151 Å². The predicted octanol–water partition coefficient (Wildman–Crippen LogP) is 7.20. The molecule has 12 heteroatoms. The monoisotopic (exact) mass is 728 g/mol. The fourth-order valence-corrected chi connectivity index (χ4v) is 8.01. The maximum atomic E-state index is 14.2. The number of aromatic nitrogens is 4. The standard InChI is InChI=1S/C42H48N8O4/c1-4-48(5-2)37(32-11-7-6-8-12-32)41(52)50-24-10-14-36(50)39-44-26-34(47-39)31-21-17-29(18-22-31)28-15-19-30(20-16-28)33-25-43-38(46-33)35-13-9-23-49(35)40(51)27(3)45-42(53)54/h6-8,11-12,15-22,25-27,35-37,45H,4-5,9-10,13-14,23-24H2,1-3H3,(H,43,46)(H,44,47)(H,53,54)/t27-,35+,36+,37-/m1/s1. The van der Waals surface area contributed by atoms with Crippen LogP contribution in [0.15, 0.2) is 91.3 Å². The number of likely N-dealkylation sites (N-methyl/N-ethyl adjacent to an activating group) is 1. The first-order valence-corrected chi connectivity index (χ1v) is 19.0. The molecule has 3 amide bonds. The van der Waals surface area contributed by atoms with Crippen LogP contribution in [-0.2, 0) is 9.59 Å². The third kappa shape index (κ3) is 7.52. The molecule has 0 spiro atoms. The summed E-state index contributed by atoms with van der Waals surface area (Å²) in [6.07, 6.45) is 5.83. The van der Waals surface area contributed by atoms with Crippen molar-refractivity contribution in [3.8, 4) is 33.6 Å². The number of hydrogen-bond acceptors (Lipinski definition) is 6. The number of carboxylic acid groups (broad SMARTS) is 1. The van der Waals surface area contributed by atoms with Gasteiger partial charge in [0.05, 0.1) is 35.9 Å². The molecule has 4 heterocycles. The van der Waals surface area contributed by atoms with Gasteiger partial charge in [-0.3, -0.25) is 14.5 Å². The van der Waals surface area contributed by atoms with Crippen LogP contribution in [0, 0.1) is 0 Å². The Bertz CT molecular complexity index is 2060. The van der Waals surface area contributed by atoms with E-state index in [0.29, 0.717) is 18.9 Å². The van der Waals surface area contributed by atoms with Gasteiger partial charge in [-0.05, 0) is 73.5 Å². The molecule has 2 aromatic heterocycles. The molecule has 2 saturated heterocycles. The molecule has 54 heavy (non-hydrogen) atoms. The number of nitrogens with zero attached hydrogens (tertiary/aromatic N) is 5. The van der Waals surface area contributed by atoms with Crippen molar-refractivity contribution in [2.24, 2.45) is 0 Å². The Hall–Kier alpha value is -5.75. The highest BCUT2D eigenvalue weighted by molar-refractivity contribution is 5.85. The maximum Gasteiger partial charge on any atom is 0.405 e. The highest BCUT2D eigenvalue weighted by Gasteiger charge is 2.38. The van der Waals surface area contributed by atoms with Crippen LogP contribution in [0.2, 0.25) is 0 Å². The van der Waals surface area contributed by atoms with Crippen molar-refractivity contribution < 1.29 is 19.5 Å². The molecular formula is C42H48N8O4. The first-order valence-electron chi connectivity index (χ1n) is 19.0. The van der Waals surface area contributed by atoms with Gasteiger partial charge in [0.1, 0.15) is 23.7 Å². The number of carbonyl (C=O) groups excluding carboxylic acids is 2. The van der Waals surface area contributed by atoms with Crippen molar-refractivity contribution in [2.45, 2.75) is 70.6 Å². The highest BCUT2D eigenvalue weighted by atomic mass is 16.4. The normalized spacial score (nSPS) is 18.2. The number of H-pyrrole nitrogens is 2. The molecule has 2 aliphatic heterocycles. The van der Waals surface area contributed by atoms with E-state index in [-0.39, 0.29) is 29.9 Å². The first-order chi connectivity index (χ1) is 26.2. The van der Waals surface area contributed by atoms with Gasteiger partial charge >= 0.3 is 6.09 Å². The first kappa shape index (κ1) is 36.6. The summed E-state index contributed by atoms with van der Waals surface area (Å²) < 4.78 is 0. The number of hydrogen-bond donors (Lipinski definition) is 4. The van der Waals surface area contributed by atoms with Crippen LogP contribution < -0.4 is 5.32 Å². The average Bonchev–Trinajstić information content (AvgIpc) is 4.03. The van der Waals surface area contributed by atoms with E-state index >= 15 is 0 Å². The minimum Gasteiger partial charge on any atom is -0.465 e. The number of imidazole rings is 2. The Balaban J connectivity index is 1.02. The third-order valence-corrected chi connectivity index (χ3v) is 10.9. The molecule has 3 aromatic carbocycles. The molecule has 0 unspecified atom stereocenters. The van der Waals surface area contributed by atoms with E-state index in [4.69, 9.17) is 10.1 Å². The quantitative estimate of drug-likeness (QED) is 0.106. The smallest absolute Gasteiger partial charge is 0.405 e. The second-order valence-corrected chi connectivity index (χ2v) is 14.1. The fraction of sp³-hybridized carbons (Fsp3) is 0.357. The van der Waals surface area contributed by atoms with E-state index in [9.17, 15) is 14.4 Å². The zero-order chi connectivity index (χ0) is 37.8. The second-order valence-electron chi connectivity index (χ2n) is 14.1. The van der Waals surface area contributed by atoms with Crippen LogP contribution in [0.1, 0.15) is 81.8 Å². The van der Waals surface area contributed by atoms with Gasteiger partial charge < -0.3 is 30.2 Å². The molecule has 2 aliphatic rings. The summed E-state index contributed by atoms with van der Waals surface area (Å²) in [5, 5.41) is 11.3. The molecular weight excluding hydrogens is 681 g/mol. The van der Waals surface area contributed by atoms with Crippen molar-refractivity contribution >= 4 is 17.9 Å². The van der Waals surface area contributed by atoms with Crippen LogP contribution >= 0.6 is 0 Å². The number of nitrogens with one attached hydrogen (secondary N) is 3. The number of likely N-dealkylation sites (tertiary alicyclic amines) is 2. The van der Waals surface area contributed by atoms with E-state index in [0.717, 1.165) is 83.8 Å². The summed E-state index contributed by atoms with van der Waals surface area (Å²) in [5.74, 6) is 1.39. The van der Waals surface area contributed by atoms with Gasteiger partial charge in [-0.15, -0.1) is 0 Å². The molecule has 4 N–H and O–H groups in total. The van der Waals surface area contributed by atoms with Gasteiger partial charge in [0.15, 0.2) is 0 Å². The van der Waals surface area contributed by atoms with E-state index in [1.54, 1.807) is 18.0 Å². The van der Waals surface area contributed by atoms with Gasteiger partial charge in [-0.2, -0.15) is 0 Å². The molecule has 2 fully saturated rings. The second kappa shape index (κ2) is 16.1. The fourth-order valence-electron chi connectivity index (χ4n) is 8.01. The summed E-state index contributed by atoms with van der Waals surface area (Å²) in [7, 11) is 0. The maximum absolute atomic E-state index is 14.2. The molecule has 0 radical (unpaired) electrons. The Morgan fingerprint density at radius 3 is 1.67 bits per heavy atom. The summed E-state index contributed by atoms with van der Waals surface area (Å²) >= 11 is 0. The lowest BCUT2D eigenvalue weighted by Crippen LogP contribution is -2.46. The van der Waals surface area contributed by atoms with Gasteiger partial charge in [0.25, 0.3) is 0 Å². The lowest BCUT2D eigenvalue weighted by molar-refractivity contribution is -0.138. The average molecular weight is 729 g/mol. The molecule has 0 saturated carbocycles. The third-order valence-electron chi connectivity index (χ3n) is 10.9. The van der Waals surface area contributed by atoms with Crippen molar-refractivity contribution in [1.29, 1.82) is 0 Å². The molecule has 7 rings (SSSR count). The number of benzene rings is 3. The van der Waals surface area contributed by atoms with E-state index in [1.165, 1.54) is 0 Å². The highest BCUT2D eigenvalue weighted by Crippen LogP contribution is 2.36. The minimum atomic E-state index is -1.22. The van der Waals surface area contributed by atoms with Gasteiger partial charge in [0, 0.05) is 13.1 Å². The zero-order valence-electron chi connectivity index (χ0n) is 31.0. The van der Waals surface area contributed by atoms with Crippen LogP contribution in [0.25, 0.3) is 33.6 Å². The number of aromatic amines is 2. The van der Waals surface area contributed by atoms with E-state index < -0.39 is 12.1 Å². The SMILES string of the molecule is CCN(CC)[C@@H](C(=O)N1CCC[C@H]1c1ncc(-c2ccc(-c3ccc(-c4cnc([C@@H]5CCCN5C(=O)[C@@H](C)NC(=O)O)[nH]4)cc3)cc2)[nH]1)c1ccccc1. The Kier molecular flexibility index (Phi) is 10.9. The van der Waals surface area contributed by atoms with Crippen LogP contribution in [-0.4, -0.2) is 89.9 Å². The van der Waals surface area contributed by atoms with E-state index in [1.807, 2.05) is 41.4 Å². The van der Waals surface area contributed by atoms with E-state index in [2.05, 4.69) is 87.5 Å². The van der Waals surface area contributed by atoms with Crippen molar-refractivity contribution in [2.75, 3.05) is 26.2 Å². The summed E-state index contributed by atoms with van der Waals surface area (Å²) in [6, 6.07) is 25.3. The largest absolute Gasteiger partial charge is 0.465 e. The number of carbonyl (C=O) groups is 3. The minimum absolute atomic E-state index is 0.0961. The van der Waals surface area contributed by atoms with Gasteiger partial charge in [0.2, 0.25) is 11.8 Å². The molecule has 280 valence electrons. The summed E-state index contributed by atoms with van der Waals surface area (Å²) in [5.41, 5.74) is 6.94. The summed E-state index contributed by atoms with van der Waals surface area (Å²) in [4.78, 5) is 60.5. The Morgan fingerprint density at radius 1 is 0.741 bits per heavy atom. The predicted molar refractivity (Wildman–Crippen MR) is 207 cm³/mol. The summed E-state index contributed by atoms with van der Waals surface area (Å²) in [6.45, 7) is 8.63. The molecule has 5 aromatic rings. The molecule has 0 aliphatic carbocycles. The Labute approximate surface area is 315 Å². The van der Waals surface area contributed by atoms with Crippen molar-refractivity contribution in [1.82, 2.24) is 40.0 Å². The zero-order valence-corrected chi connectivity index (χ0v) is 31.0. The van der Waals surface area contributed by atoms with Crippen LogP contribution in [0.5, 0.6) is 0 Å². The van der Waals surface area contributed by atoms with Crippen molar-refractivity contribution in [3.05, 3.63) is 108 Å². The van der Waals surface area contributed by atoms with Crippen molar-refractivity contribution in [3.63, 3.8) is 0 Å². The lowest BCUT2D eigenvalue weighted by atomic mass is 10.0. The number of rotatable bonds is 12.